The number of esters is 2. The molecule has 1 unspecified atom stereocenters. The maximum Gasteiger partial charge on any atom is 0.345 e. The summed E-state index contributed by atoms with van der Waals surface area (Å²) < 4.78 is 11.2. The molecule has 0 saturated carbocycles. The Hall–Kier alpha value is -2.64. The van der Waals surface area contributed by atoms with Crippen LogP contribution in [0.5, 0.6) is 0 Å². The lowest BCUT2D eigenvalue weighted by Crippen LogP contribution is -2.47. The Labute approximate surface area is 184 Å². The van der Waals surface area contributed by atoms with Gasteiger partial charge in [0.25, 0.3) is 0 Å². The molecule has 1 atom stereocenters. The number of nitrogens with zero attached hydrogens (tertiary/aromatic N) is 1. The van der Waals surface area contributed by atoms with Crippen molar-refractivity contribution in [3.05, 3.63) is 80.4 Å². The Morgan fingerprint density at radius 3 is 2.23 bits per heavy atom. The number of likely N-dealkylation sites (N-methyl/N-ethyl adjacent to an activating group) is 1. The molecule has 0 aromatic heterocycles. The van der Waals surface area contributed by atoms with E-state index in [-0.39, 0.29) is 10.5 Å². The standard InChI is InChI=1S/C23H21NO4S2/c1-24-16-13-9-8-12-15(16)17-22(29-4)30-19(21(26)28-3)18(20(25)27-2)23(17,24)14-10-6-5-7-11-14/h5-13H,1-4H3. The van der Waals surface area contributed by atoms with Crippen molar-refractivity contribution in [1.82, 2.24) is 0 Å². The van der Waals surface area contributed by atoms with Crippen molar-refractivity contribution in [3.8, 4) is 0 Å². The lowest BCUT2D eigenvalue weighted by atomic mass is 9.75. The largest absolute Gasteiger partial charge is 0.466 e. The fourth-order valence-electron chi connectivity index (χ4n) is 4.31. The number of ether oxygens (including phenoxy) is 2. The van der Waals surface area contributed by atoms with Crippen LogP contribution in [-0.2, 0) is 24.6 Å². The van der Waals surface area contributed by atoms with E-state index in [4.69, 9.17) is 9.47 Å². The van der Waals surface area contributed by atoms with Crippen molar-refractivity contribution < 1.29 is 19.1 Å². The van der Waals surface area contributed by atoms with Crippen molar-refractivity contribution >= 4 is 46.7 Å². The monoisotopic (exact) mass is 439 g/mol. The quantitative estimate of drug-likeness (QED) is 0.654. The molecule has 7 heteroatoms. The SMILES string of the molecule is COC(=O)C1=C(C(=O)OC)C2(c3ccccc3)C(=C(SC)S1)c1ccccc1N2C. The maximum absolute atomic E-state index is 13.3. The van der Waals surface area contributed by atoms with Crippen molar-refractivity contribution in [1.29, 1.82) is 0 Å². The highest BCUT2D eigenvalue weighted by Crippen LogP contribution is 2.64. The Morgan fingerprint density at radius 1 is 0.967 bits per heavy atom. The zero-order chi connectivity index (χ0) is 21.5. The van der Waals surface area contributed by atoms with Gasteiger partial charge in [-0.2, -0.15) is 0 Å². The van der Waals surface area contributed by atoms with Gasteiger partial charge in [0.05, 0.1) is 24.0 Å². The molecule has 2 aromatic rings. The zero-order valence-electron chi connectivity index (χ0n) is 17.1. The van der Waals surface area contributed by atoms with Crippen molar-refractivity contribution in [2.45, 2.75) is 5.54 Å². The van der Waals surface area contributed by atoms with Gasteiger partial charge < -0.3 is 14.4 Å². The molecule has 0 amide bonds. The first-order chi connectivity index (χ1) is 14.5. The predicted molar refractivity (Wildman–Crippen MR) is 122 cm³/mol. The minimum absolute atomic E-state index is 0.251. The second-order valence-electron chi connectivity index (χ2n) is 6.81. The van der Waals surface area contributed by atoms with Gasteiger partial charge in [-0.1, -0.05) is 60.3 Å². The minimum atomic E-state index is -1.01. The van der Waals surface area contributed by atoms with Gasteiger partial charge in [-0.3, -0.25) is 0 Å². The van der Waals surface area contributed by atoms with E-state index in [2.05, 4.69) is 11.0 Å². The molecule has 0 bridgehead atoms. The van der Waals surface area contributed by atoms with Crippen LogP contribution in [-0.4, -0.2) is 39.5 Å². The van der Waals surface area contributed by atoms with E-state index >= 15 is 0 Å². The Balaban J connectivity index is 2.19. The zero-order valence-corrected chi connectivity index (χ0v) is 18.7. The number of carbonyl (C=O) groups excluding carboxylic acids is 2. The van der Waals surface area contributed by atoms with Crippen LogP contribution < -0.4 is 4.90 Å². The number of para-hydroxylation sites is 1. The highest BCUT2D eigenvalue weighted by atomic mass is 32.2. The van der Waals surface area contributed by atoms with Crippen LogP contribution in [0.25, 0.3) is 5.57 Å². The second-order valence-corrected chi connectivity index (χ2v) is 8.90. The number of methoxy groups -OCH3 is 2. The van der Waals surface area contributed by atoms with Crippen LogP contribution in [0.15, 0.2) is 69.3 Å². The summed E-state index contributed by atoms with van der Waals surface area (Å²) in [6.07, 6.45) is 1.98. The number of thioether (sulfide) groups is 2. The summed E-state index contributed by atoms with van der Waals surface area (Å²) in [4.78, 5) is 28.4. The Kier molecular flexibility index (Phi) is 5.42. The molecule has 2 aliphatic rings. The van der Waals surface area contributed by atoms with E-state index in [1.807, 2.05) is 61.8 Å². The molecular formula is C23H21NO4S2. The van der Waals surface area contributed by atoms with Crippen LogP contribution in [0.1, 0.15) is 11.1 Å². The van der Waals surface area contributed by atoms with Crippen molar-refractivity contribution in [2.24, 2.45) is 0 Å². The van der Waals surface area contributed by atoms with Gasteiger partial charge in [0.15, 0.2) is 0 Å². The molecule has 30 heavy (non-hydrogen) atoms. The van der Waals surface area contributed by atoms with Crippen LogP contribution in [0.3, 0.4) is 0 Å². The van der Waals surface area contributed by atoms with Gasteiger partial charge in [-0.05, 0) is 17.9 Å². The van der Waals surface area contributed by atoms with E-state index in [0.29, 0.717) is 0 Å². The molecule has 2 aliphatic heterocycles. The van der Waals surface area contributed by atoms with Gasteiger partial charge in [-0.15, -0.1) is 11.8 Å². The second kappa shape index (κ2) is 7.89. The maximum atomic E-state index is 13.3. The normalized spacial score (nSPS) is 20.1. The Morgan fingerprint density at radius 2 is 1.60 bits per heavy atom. The summed E-state index contributed by atoms with van der Waals surface area (Å²) in [6.45, 7) is 0. The molecule has 0 fully saturated rings. The summed E-state index contributed by atoms with van der Waals surface area (Å²) in [5.41, 5.74) is 3.15. The number of hydrogen-bond donors (Lipinski definition) is 0. The van der Waals surface area contributed by atoms with E-state index in [0.717, 1.165) is 26.6 Å². The third-order valence-corrected chi connectivity index (χ3v) is 7.81. The minimum Gasteiger partial charge on any atom is -0.466 e. The molecule has 0 N–H and O–H groups in total. The summed E-state index contributed by atoms with van der Waals surface area (Å²) in [5, 5.41) is 0. The molecule has 2 aromatic carbocycles. The van der Waals surface area contributed by atoms with Crippen molar-refractivity contribution in [2.75, 3.05) is 32.4 Å². The lowest BCUT2D eigenvalue weighted by molar-refractivity contribution is -0.139. The topological polar surface area (TPSA) is 55.8 Å². The molecule has 0 radical (unpaired) electrons. The molecule has 5 nitrogen and oxygen atoms in total. The average molecular weight is 440 g/mol. The molecule has 0 aliphatic carbocycles. The number of hydrogen-bond acceptors (Lipinski definition) is 7. The number of rotatable bonds is 4. The summed E-state index contributed by atoms with van der Waals surface area (Å²) in [7, 11) is 4.61. The number of carbonyl (C=O) groups is 2. The van der Waals surface area contributed by atoms with Crippen LogP contribution in [0.4, 0.5) is 5.69 Å². The molecule has 2 heterocycles. The smallest absolute Gasteiger partial charge is 0.345 e. The van der Waals surface area contributed by atoms with Crippen molar-refractivity contribution in [3.63, 3.8) is 0 Å². The summed E-state index contributed by atoms with van der Waals surface area (Å²) >= 11 is 2.83. The first kappa shape index (κ1) is 20.6. The van der Waals surface area contributed by atoms with Gasteiger partial charge in [0.2, 0.25) is 0 Å². The van der Waals surface area contributed by atoms with Crippen LogP contribution in [0, 0.1) is 0 Å². The van der Waals surface area contributed by atoms with Crippen LogP contribution in [0.2, 0.25) is 0 Å². The molecule has 4 rings (SSSR count). The van der Waals surface area contributed by atoms with E-state index < -0.39 is 17.5 Å². The fourth-order valence-corrected chi connectivity index (χ4v) is 6.40. The number of benzene rings is 2. The van der Waals surface area contributed by atoms with Gasteiger partial charge in [0, 0.05) is 23.9 Å². The molecule has 0 saturated heterocycles. The Bertz CT molecular complexity index is 1090. The highest BCUT2D eigenvalue weighted by Gasteiger charge is 2.58. The molecular weight excluding hydrogens is 418 g/mol. The molecule has 0 spiro atoms. The average Bonchev–Trinajstić information content (AvgIpc) is 3.07. The first-order valence-electron chi connectivity index (χ1n) is 9.29. The summed E-state index contributed by atoms with van der Waals surface area (Å²) in [5.74, 6) is -1.10. The van der Waals surface area contributed by atoms with Gasteiger partial charge in [-0.25, -0.2) is 9.59 Å². The van der Waals surface area contributed by atoms with Gasteiger partial charge in [0.1, 0.15) is 10.4 Å². The number of anilines is 1. The van der Waals surface area contributed by atoms with Crippen LogP contribution >= 0.6 is 23.5 Å². The van der Waals surface area contributed by atoms with E-state index in [9.17, 15) is 9.59 Å². The lowest BCUT2D eigenvalue weighted by Gasteiger charge is -2.43. The molecule has 154 valence electrons. The summed E-state index contributed by atoms with van der Waals surface area (Å²) in [6, 6.07) is 17.8. The first-order valence-corrected chi connectivity index (χ1v) is 11.3. The third-order valence-electron chi connectivity index (χ3n) is 5.52. The fraction of sp³-hybridized carbons (Fsp3) is 0.217. The van der Waals surface area contributed by atoms with E-state index in [1.165, 1.54) is 26.0 Å². The van der Waals surface area contributed by atoms with E-state index in [1.54, 1.807) is 11.8 Å². The predicted octanol–water partition coefficient (Wildman–Crippen LogP) is 4.41. The highest BCUT2D eigenvalue weighted by molar-refractivity contribution is 8.24. The van der Waals surface area contributed by atoms with Gasteiger partial charge >= 0.3 is 11.9 Å². The third kappa shape index (κ3) is 2.72. The number of fused-ring (bicyclic) bond motifs is 3.